The van der Waals surface area contributed by atoms with Crippen molar-refractivity contribution in [3.8, 4) is 5.88 Å². The third kappa shape index (κ3) is 5.26. The number of hydrogen-bond acceptors (Lipinski definition) is 5. The van der Waals surface area contributed by atoms with Gasteiger partial charge in [0.15, 0.2) is 5.11 Å². The molecule has 2 aromatic rings. The molecule has 31 heavy (non-hydrogen) atoms. The summed E-state index contributed by atoms with van der Waals surface area (Å²) in [5.74, 6) is 2.68. The molecule has 0 spiro atoms. The molecule has 2 N–H and O–H groups in total. The van der Waals surface area contributed by atoms with Crippen LogP contribution in [0.2, 0.25) is 0 Å². The summed E-state index contributed by atoms with van der Waals surface area (Å²) >= 11 is 5.61. The maximum absolute atomic E-state index is 5.61. The second-order valence-electron chi connectivity index (χ2n) is 8.92. The molecular formula is C24H33N5OS. The maximum Gasteiger partial charge on any atom is 0.234 e. The van der Waals surface area contributed by atoms with Crippen LogP contribution < -0.4 is 20.3 Å². The van der Waals surface area contributed by atoms with Gasteiger partial charge >= 0.3 is 0 Å². The van der Waals surface area contributed by atoms with Crippen molar-refractivity contribution in [3.63, 3.8) is 0 Å². The van der Waals surface area contributed by atoms with E-state index < -0.39 is 0 Å². The van der Waals surface area contributed by atoms with Gasteiger partial charge in [0, 0.05) is 31.1 Å². The SMILES string of the molecule is COc1cc(N2CCC(C)CC2)nc(NC(=S)NCC2(c3ccccc3)CCCC2)n1. The monoisotopic (exact) mass is 439 g/mol. The fourth-order valence-electron chi connectivity index (χ4n) is 4.78. The lowest BCUT2D eigenvalue weighted by molar-refractivity contribution is 0.396. The van der Waals surface area contributed by atoms with Crippen LogP contribution in [0, 0.1) is 5.92 Å². The third-order valence-electron chi connectivity index (χ3n) is 6.77. The zero-order valence-electron chi connectivity index (χ0n) is 18.6. The molecule has 1 saturated carbocycles. The molecule has 0 amide bonds. The Bertz CT molecular complexity index is 877. The molecule has 1 aliphatic carbocycles. The number of nitrogens with zero attached hydrogens (tertiary/aromatic N) is 3. The number of aromatic nitrogens is 2. The Balaban J connectivity index is 1.42. The highest BCUT2D eigenvalue weighted by Crippen LogP contribution is 2.40. The molecule has 0 bridgehead atoms. The van der Waals surface area contributed by atoms with Crippen molar-refractivity contribution in [2.45, 2.75) is 50.9 Å². The standard InChI is InChI=1S/C24H33N5OS/c1-18-10-14-29(15-11-18)20-16-21(30-2)27-22(26-20)28-23(31)25-17-24(12-6-7-13-24)19-8-4-3-5-9-19/h3-5,8-9,16,18H,6-7,10-15,17H2,1-2H3,(H2,25,26,27,28,31). The summed E-state index contributed by atoms with van der Waals surface area (Å²) in [7, 11) is 1.63. The number of nitrogens with one attached hydrogen (secondary N) is 2. The summed E-state index contributed by atoms with van der Waals surface area (Å²) < 4.78 is 5.42. The molecule has 2 heterocycles. The Morgan fingerprint density at radius 1 is 1.16 bits per heavy atom. The maximum atomic E-state index is 5.61. The number of piperidine rings is 1. The summed E-state index contributed by atoms with van der Waals surface area (Å²) in [6, 6.07) is 12.7. The number of benzene rings is 1. The molecule has 1 aromatic carbocycles. The van der Waals surface area contributed by atoms with Gasteiger partial charge in [-0.25, -0.2) is 0 Å². The van der Waals surface area contributed by atoms with Crippen LogP contribution in [-0.2, 0) is 5.41 Å². The number of hydrogen-bond donors (Lipinski definition) is 2. The highest BCUT2D eigenvalue weighted by atomic mass is 32.1. The molecule has 166 valence electrons. The van der Waals surface area contributed by atoms with Gasteiger partial charge in [-0.1, -0.05) is 50.1 Å². The molecule has 1 aromatic heterocycles. The summed E-state index contributed by atoms with van der Waals surface area (Å²) in [4.78, 5) is 11.5. The number of thiocarbonyl (C=S) groups is 1. The van der Waals surface area contributed by atoms with E-state index in [1.165, 1.54) is 44.1 Å². The van der Waals surface area contributed by atoms with Crippen molar-refractivity contribution >= 4 is 29.1 Å². The highest BCUT2D eigenvalue weighted by molar-refractivity contribution is 7.80. The molecule has 0 radical (unpaired) electrons. The number of ether oxygens (including phenoxy) is 1. The Morgan fingerprint density at radius 3 is 2.55 bits per heavy atom. The molecule has 7 heteroatoms. The smallest absolute Gasteiger partial charge is 0.234 e. The van der Waals surface area contributed by atoms with Crippen molar-refractivity contribution in [1.82, 2.24) is 15.3 Å². The van der Waals surface area contributed by atoms with Crippen molar-refractivity contribution in [1.29, 1.82) is 0 Å². The predicted octanol–water partition coefficient (Wildman–Crippen LogP) is 4.52. The first-order valence-corrected chi connectivity index (χ1v) is 11.8. The topological polar surface area (TPSA) is 62.3 Å². The second-order valence-corrected chi connectivity index (χ2v) is 9.33. The van der Waals surface area contributed by atoms with Crippen LogP contribution in [0.15, 0.2) is 36.4 Å². The summed E-state index contributed by atoms with van der Waals surface area (Å²) in [5.41, 5.74) is 1.53. The van der Waals surface area contributed by atoms with Gasteiger partial charge in [-0.05, 0) is 49.4 Å². The summed E-state index contributed by atoms with van der Waals surface area (Å²) in [5, 5.41) is 7.18. The molecule has 1 saturated heterocycles. The van der Waals surface area contributed by atoms with E-state index in [0.29, 0.717) is 16.9 Å². The van der Waals surface area contributed by atoms with Gasteiger partial charge in [0.25, 0.3) is 0 Å². The number of methoxy groups -OCH3 is 1. The minimum atomic E-state index is 0.137. The molecule has 4 rings (SSSR count). The average molecular weight is 440 g/mol. The predicted molar refractivity (Wildman–Crippen MR) is 130 cm³/mol. The Kier molecular flexibility index (Phi) is 6.90. The Hall–Kier alpha value is -2.41. The van der Waals surface area contributed by atoms with E-state index in [2.05, 4.69) is 57.8 Å². The fraction of sp³-hybridized carbons (Fsp3) is 0.542. The minimum Gasteiger partial charge on any atom is -0.481 e. The largest absolute Gasteiger partial charge is 0.481 e. The normalized spacial score (nSPS) is 18.6. The van der Waals surface area contributed by atoms with Crippen LogP contribution in [0.1, 0.15) is 51.0 Å². The van der Waals surface area contributed by atoms with Gasteiger partial charge in [-0.3, -0.25) is 0 Å². The Morgan fingerprint density at radius 2 is 1.87 bits per heavy atom. The first-order valence-electron chi connectivity index (χ1n) is 11.4. The van der Waals surface area contributed by atoms with Gasteiger partial charge in [-0.2, -0.15) is 9.97 Å². The zero-order valence-corrected chi connectivity index (χ0v) is 19.4. The first-order chi connectivity index (χ1) is 15.1. The van der Waals surface area contributed by atoms with Crippen molar-refractivity contribution in [2.24, 2.45) is 5.92 Å². The lowest BCUT2D eigenvalue weighted by Gasteiger charge is -2.31. The van der Waals surface area contributed by atoms with Gasteiger partial charge in [0.2, 0.25) is 11.8 Å². The average Bonchev–Trinajstić information content (AvgIpc) is 3.29. The lowest BCUT2D eigenvalue weighted by Crippen LogP contribution is -2.41. The van der Waals surface area contributed by atoms with E-state index in [0.717, 1.165) is 31.4 Å². The zero-order chi connectivity index (χ0) is 21.7. The molecule has 2 fully saturated rings. The fourth-order valence-corrected chi connectivity index (χ4v) is 4.94. The van der Waals surface area contributed by atoms with Crippen LogP contribution >= 0.6 is 12.2 Å². The van der Waals surface area contributed by atoms with Crippen LogP contribution in [0.3, 0.4) is 0 Å². The van der Waals surface area contributed by atoms with Gasteiger partial charge < -0.3 is 20.3 Å². The summed E-state index contributed by atoms with van der Waals surface area (Å²) in [6.07, 6.45) is 7.23. The van der Waals surface area contributed by atoms with Crippen molar-refractivity contribution in [3.05, 3.63) is 42.0 Å². The molecular weight excluding hydrogens is 406 g/mol. The highest BCUT2D eigenvalue weighted by Gasteiger charge is 2.35. The molecule has 6 nitrogen and oxygen atoms in total. The van der Waals surface area contributed by atoms with E-state index in [9.17, 15) is 0 Å². The van der Waals surface area contributed by atoms with E-state index in [4.69, 9.17) is 21.9 Å². The van der Waals surface area contributed by atoms with Crippen LogP contribution in [-0.4, -0.2) is 41.8 Å². The molecule has 0 atom stereocenters. The quantitative estimate of drug-likeness (QED) is 0.642. The Labute approximate surface area is 190 Å². The van der Waals surface area contributed by atoms with E-state index in [1.807, 2.05) is 6.07 Å². The van der Waals surface area contributed by atoms with Crippen LogP contribution in [0.25, 0.3) is 0 Å². The summed E-state index contributed by atoms with van der Waals surface area (Å²) in [6.45, 7) is 5.12. The first kappa shape index (κ1) is 21.8. The third-order valence-corrected chi connectivity index (χ3v) is 7.01. The molecule has 2 aliphatic rings. The molecule has 1 aliphatic heterocycles. The van der Waals surface area contributed by atoms with Gasteiger partial charge in [-0.15, -0.1) is 0 Å². The van der Waals surface area contributed by atoms with Crippen LogP contribution in [0.4, 0.5) is 11.8 Å². The second kappa shape index (κ2) is 9.81. The molecule has 0 unspecified atom stereocenters. The van der Waals surface area contributed by atoms with E-state index in [1.54, 1.807) is 7.11 Å². The number of anilines is 2. The number of rotatable bonds is 6. The van der Waals surface area contributed by atoms with Gasteiger partial charge in [0.05, 0.1) is 7.11 Å². The van der Waals surface area contributed by atoms with Crippen LogP contribution in [0.5, 0.6) is 5.88 Å². The lowest BCUT2D eigenvalue weighted by atomic mass is 9.79. The van der Waals surface area contributed by atoms with Gasteiger partial charge in [0.1, 0.15) is 5.82 Å². The van der Waals surface area contributed by atoms with Crippen molar-refractivity contribution < 1.29 is 4.74 Å². The van der Waals surface area contributed by atoms with E-state index in [-0.39, 0.29) is 5.41 Å². The minimum absolute atomic E-state index is 0.137. The van der Waals surface area contributed by atoms with E-state index >= 15 is 0 Å². The van der Waals surface area contributed by atoms with Crippen molar-refractivity contribution in [2.75, 3.05) is 37.0 Å².